The van der Waals surface area contributed by atoms with E-state index >= 15 is 0 Å². The lowest BCUT2D eigenvalue weighted by Crippen LogP contribution is -2.27. The predicted molar refractivity (Wildman–Crippen MR) is 78.1 cm³/mol. The third-order valence-corrected chi connectivity index (χ3v) is 4.47. The van der Waals surface area contributed by atoms with Crippen LogP contribution in [0.2, 0.25) is 0 Å². The quantitative estimate of drug-likeness (QED) is 0.559. The zero-order valence-corrected chi connectivity index (χ0v) is 12.8. The van der Waals surface area contributed by atoms with Gasteiger partial charge in [0, 0.05) is 32.1 Å². The van der Waals surface area contributed by atoms with E-state index in [0.717, 1.165) is 17.9 Å². The number of sulfonamides is 1. The molecule has 0 bridgehead atoms. The van der Waals surface area contributed by atoms with Gasteiger partial charge < -0.3 is 15.0 Å². The number of thioether (sulfide) groups is 1. The van der Waals surface area contributed by atoms with Crippen LogP contribution >= 0.6 is 11.8 Å². The number of rotatable bonds is 8. The molecule has 4 N–H and O–H groups in total. The van der Waals surface area contributed by atoms with Gasteiger partial charge in [0.2, 0.25) is 10.0 Å². The van der Waals surface area contributed by atoms with Crippen molar-refractivity contribution in [3.05, 3.63) is 18.0 Å². The topological polar surface area (TPSA) is 114 Å². The summed E-state index contributed by atoms with van der Waals surface area (Å²) in [6.07, 6.45) is 2.04. The summed E-state index contributed by atoms with van der Waals surface area (Å²) < 4.78 is 23.8. The fourth-order valence-electron chi connectivity index (χ4n) is 1.51. The number of amides is 1. The number of aromatic nitrogens is 1. The van der Waals surface area contributed by atoms with Crippen LogP contribution in [0.15, 0.2) is 17.2 Å². The second-order valence-corrected chi connectivity index (χ2v) is 6.95. The Balaban J connectivity index is 2.50. The number of carbonyl (C=O) groups excluding carboxylic acids is 1. The van der Waals surface area contributed by atoms with Crippen molar-refractivity contribution in [1.29, 1.82) is 0 Å². The highest BCUT2D eigenvalue weighted by Gasteiger charge is 2.16. The van der Waals surface area contributed by atoms with Crippen molar-refractivity contribution in [1.82, 2.24) is 9.88 Å². The van der Waals surface area contributed by atoms with Gasteiger partial charge in [-0.1, -0.05) is 0 Å². The lowest BCUT2D eigenvalue weighted by atomic mass is 10.4. The van der Waals surface area contributed by atoms with Gasteiger partial charge in [0.1, 0.15) is 10.6 Å². The molecule has 0 spiro atoms. The lowest BCUT2D eigenvalue weighted by Gasteiger charge is -2.05. The first-order chi connectivity index (χ1) is 9.36. The van der Waals surface area contributed by atoms with Crippen LogP contribution in [0.5, 0.6) is 0 Å². The van der Waals surface area contributed by atoms with E-state index in [1.807, 2.05) is 0 Å². The zero-order chi connectivity index (χ0) is 15.2. The minimum absolute atomic E-state index is 0.0810. The predicted octanol–water partition coefficient (Wildman–Crippen LogP) is -0.482. The summed E-state index contributed by atoms with van der Waals surface area (Å²) in [7, 11) is -2.22. The third kappa shape index (κ3) is 5.16. The van der Waals surface area contributed by atoms with E-state index < -0.39 is 10.0 Å². The van der Waals surface area contributed by atoms with Crippen LogP contribution in [0.4, 0.5) is 0 Å². The van der Waals surface area contributed by atoms with Crippen molar-refractivity contribution in [2.45, 2.75) is 11.3 Å². The first kappa shape index (κ1) is 17.0. The Morgan fingerprint density at radius 3 is 2.75 bits per heavy atom. The van der Waals surface area contributed by atoms with E-state index in [-0.39, 0.29) is 23.1 Å². The summed E-state index contributed by atoms with van der Waals surface area (Å²) in [4.78, 5) is 11.8. The molecule has 1 amide bonds. The summed E-state index contributed by atoms with van der Waals surface area (Å²) in [5, 5.41) is 16.3. The summed E-state index contributed by atoms with van der Waals surface area (Å²) in [5.41, 5.74) is 0.245. The maximum absolute atomic E-state index is 11.9. The molecule has 0 fully saturated rings. The minimum atomic E-state index is -3.80. The van der Waals surface area contributed by atoms with Crippen molar-refractivity contribution < 1.29 is 18.3 Å². The van der Waals surface area contributed by atoms with Crippen LogP contribution in [0.1, 0.15) is 16.9 Å². The first-order valence-corrected chi connectivity index (χ1v) is 8.72. The molecular weight excluding hydrogens is 302 g/mol. The highest BCUT2D eigenvalue weighted by atomic mass is 32.2. The summed E-state index contributed by atoms with van der Waals surface area (Å²) in [5.74, 6) is 1.23. The summed E-state index contributed by atoms with van der Waals surface area (Å²) >= 11 is 1.63. The Kier molecular flexibility index (Phi) is 6.53. The number of hydrogen-bond acceptors (Lipinski definition) is 5. The molecule has 114 valence electrons. The average Bonchev–Trinajstić information content (AvgIpc) is 2.75. The van der Waals surface area contributed by atoms with Crippen LogP contribution in [-0.4, -0.2) is 48.7 Å². The van der Waals surface area contributed by atoms with Gasteiger partial charge in [-0.05, 0) is 18.2 Å². The maximum atomic E-state index is 11.9. The SMILES string of the molecule is Cn1cc(S(N)(=O)=O)cc1C(=O)NCCSCCCO. The third-order valence-electron chi connectivity index (χ3n) is 2.52. The molecule has 0 aliphatic carbocycles. The molecule has 1 aromatic rings. The molecule has 0 atom stereocenters. The smallest absolute Gasteiger partial charge is 0.267 e. The molecule has 0 aliphatic rings. The highest BCUT2D eigenvalue weighted by Crippen LogP contribution is 2.11. The number of nitrogens with zero attached hydrogens (tertiary/aromatic N) is 1. The van der Waals surface area contributed by atoms with Crippen LogP contribution in [-0.2, 0) is 17.1 Å². The standard InChI is InChI=1S/C11H19N3O4S2/c1-14-8-9(20(12,17)18)7-10(14)11(16)13-3-6-19-5-2-4-15/h7-8,15H,2-6H2,1H3,(H,13,16)(H2,12,17,18). The molecule has 0 radical (unpaired) electrons. The maximum Gasteiger partial charge on any atom is 0.267 e. The minimum Gasteiger partial charge on any atom is -0.396 e. The second-order valence-electron chi connectivity index (χ2n) is 4.16. The Labute approximate surface area is 122 Å². The van der Waals surface area contributed by atoms with E-state index in [1.54, 1.807) is 18.8 Å². The Hall–Kier alpha value is -1.03. The van der Waals surface area contributed by atoms with Crippen LogP contribution in [0, 0.1) is 0 Å². The number of aryl methyl sites for hydroxylation is 1. The van der Waals surface area contributed by atoms with E-state index in [9.17, 15) is 13.2 Å². The van der Waals surface area contributed by atoms with E-state index in [2.05, 4.69) is 5.32 Å². The van der Waals surface area contributed by atoms with Gasteiger partial charge in [-0.15, -0.1) is 0 Å². The van der Waals surface area contributed by atoms with Gasteiger partial charge in [0.05, 0.1) is 0 Å². The van der Waals surface area contributed by atoms with Crippen molar-refractivity contribution in [2.75, 3.05) is 24.7 Å². The Morgan fingerprint density at radius 2 is 2.20 bits per heavy atom. The number of aliphatic hydroxyl groups excluding tert-OH is 1. The van der Waals surface area contributed by atoms with Crippen molar-refractivity contribution in [3.63, 3.8) is 0 Å². The molecule has 1 rings (SSSR count). The van der Waals surface area contributed by atoms with E-state index in [1.165, 1.54) is 16.8 Å². The van der Waals surface area contributed by atoms with Crippen LogP contribution in [0.25, 0.3) is 0 Å². The average molecular weight is 321 g/mol. The van der Waals surface area contributed by atoms with Crippen LogP contribution < -0.4 is 10.5 Å². The number of primary sulfonamides is 1. The summed E-state index contributed by atoms with van der Waals surface area (Å²) in [6, 6.07) is 1.25. The highest BCUT2D eigenvalue weighted by molar-refractivity contribution is 7.99. The number of aliphatic hydroxyl groups is 1. The van der Waals surface area contributed by atoms with Crippen LogP contribution in [0.3, 0.4) is 0 Å². The molecule has 0 unspecified atom stereocenters. The molecule has 0 saturated heterocycles. The molecular formula is C11H19N3O4S2. The fourth-order valence-corrected chi connectivity index (χ4v) is 2.88. The van der Waals surface area contributed by atoms with E-state index in [4.69, 9.17) is 10.2 Å². The van der Waals surface area contributed by atoms with E-state index in [0.29, 0.717) is 6.54 Å². The summed E-state index contributed by atoms with van der Waals surface area (Å²) in [6.45, 7) is 0.643. The number of carbonyl (C=O) groups is 1. The molecule has 9 heteroatoms. The van der Waals surface area contributed by atoms with Gasteiger partial charge >= 0.3 is 0 Å². The fraction of sp³-hybridized carbons (Fsp3) is 0.545. The second kappa shape index (κ2) is 7.67. The van der Waals surface area contributed by atoms with Crippen molar-refractivity contribution in [2.24, 2.45) is 12.2 Å². The van der Waals surface area contributed by atoms with Gasteiger partial charge in [-0.25, -0.2) is 13.6 Å². The molecule has 0 aliphatic heterocycles. The zero-order valence-electron chi connectivity index (χ0n) is 11.2. The monoisotopic (exact) mass is 321 g/mol. The molecule has 1 heterocycles. The largest absolute Gasteiger partial charge is 0.396 e. The lowest BCUT2D eigenvalue weighted by molar-refractivity contribution is 0.0948. The number of hydrogen-bond donors (Lipinski definition) is 3. The van der Waals surface area contributed by atoms with Gasteiger partial charge in [-0.2, -0.15) is 11.8 Å². The number of nitrogens with two attached hydrogens (primary N) is 1. The van der Waals surface area contributed by atoms with Gasteiger partial charge in [0.15, 0.2) is 0 Å². The molecule has 20 heavy (non-hydrogen) atoms. The molecule has 0 aromatic carbocycles. The van der Waals surface area contributed by atoms with Gasteiger partial charge in [0.25, 0.3) is 5.91 Å². The number of nitrogens with one attached hydrogen (secondary N) is 1. The Bertz CT molecular complexity index is 554. The van der Waals surface area contributed by atoms with Crippen molar-refractivity contribution >= 4 is 27.7 Å². The normalized spacial score (nSPS) is 11.6. The molecule has 0 saturated carbocycles. The molecule has 1 aromatic heterocycles. The van der Waals surface area contributed by atoms with Gasteiger partial charge in [-0.3, -0.25) is 4.79 Å². The molecule has 7 nitrogen and oxygen atoms in total. The Morgan fingerprint density at radius 1 is 1.50 bits per heavy atom. The van der Waals surface area contributed by atoms with Crippen molar-refractivity contribution in [3.8, 4) is 0 Å². The first-order valence-electron chi connectivity index (χ1n) is 6.02.